The van der Waals surface area contributed by atoms with Crippen molar-refractivity contribution in [2.24, 2.45) is 0 Å². The number of halogens is 3. The SMILES string of the molecule is COc1cc(C)c(Br)cc1C(=O)c1ccc(I)c(Cl)c1. The average molecular weight is 466 g/mol. The highest BCUT2D eigenvalue weighted by Crippen LogP contribution is 2.30. The highest BCUT2D eigenvalue weighted by atomic mass is 127. The van der Waals surface area contributed by atoms with Crippen molar-refractivity contribution < 1.29 is 9.53 Å². The van der Waals surface area contributed by atoms with E-state index in [9.17, 15) is 4.79 Å². The van der Waals surface area contributed by atoms with Crippen LogP contribution in [0.2, 0.25) is 5.02 Å². The molecule has 0 radical (unpaired) electrons. The molecule has 0 saturated carbocycles. The molecule has 2 aromatic carbocycles. The Morgan fingerprint density at radius 3 is 2.60 bits per heavy atom. The monoisotopic (exact) mass is 464 g/mol. The fourth-order valence-electron chi connectivity index (χ4n) is 1.79. The van der Waals surface area contributed by atoms with Crippen LogP contribution in [0, 0.1) is 10.5 Å². The van der Waals surface area contributed by atoms with E-state index < -0.39 is 0 Å². The summed E-state index contributed by atoms with van der Waals surface area (Å²) in [4.78, 5) is 12.6. The molecule has 0 aliphatic rings. The summed E-state index contributed by atoms with van der Waals surface area (Å²) in [6.45, 7) is 1.95. The number of hydrogen-bond acceptors (Lipinski definition) is 2. The van der Waals surface area contributed by atoms with E-state index in [0.29, 0.717) is 21.9 Å². The molecule has 2 nitrogen and oxygen atoms in total. The van der Waals surface area contributed by atoms with Gasteiger partial charge in [0.25, 0.3) is 0 Å². The molecule has 0 aromatic heterocycles. The Kier molecular flexibility index (Phi) is 5.09. The number of carbonyl (C=O) groups excluding carboxylic acids is 1. The fourth-order valence-corrected chi connectivity index (χ4v) is 2.65. The maximum Gasteiger partial charge on any atom is 0.196 e. The molecule has 5 heteroatoms. The van der Waals surface area contributed by atoms with E-state index in [1.54, 1.807) is 25.3 Å². The quantitative estimate of drug-likeness (QED) is 0.457. The summed E-state index contributed by atoms with van der Waals surface area (Å²) in [7, 11) is 1.56. The van der Waals surface area contributed by atoms with E-state index in [4.69, 9.17) is 16.3 Å². The van der Waals surface area contributed by atoms with Gasteiger partial charge in [0.05, 0.1) is 17.7 Å². The van der Waals surface area contributed by atoms with E-state index in [-0.39, 0.29) is 5.78 Å². The summed E-state index contributed by atoms with van der Waals surface area (Å²) in [5.74, 6) is 0.450. The zero-order valence-corrected chi connectivity index (χ0v) is 15.3. The molecule has 0 bridgehead atoms. The van der Waals surface area contributed by atoms with Crippen molar-refractivity contribution in [2.75, 3.05) is 7.11 Å². The van der Waals surface area contributed by atoms with Crippen LogP contribution in [-0.4, -0.2) is 12.9 Å². The predicted octanol–water partition coefficient (Wildman–Crippen LogP) is 5.26. The largest absolute Gasteiger partial charge is 0.496 e. The minimum absolute atomic E-state index is 0.110. The summed E-state index contributed by atoms with van der Waals surface area (Å²) in [5.41, 5.74) is 2.07. The van der Waals surface area contributed by atoms with Crippen LogP contribution in [0.4, 0.5) is 0 Å². The molecule has 0 aliphatic carbocycles. The minimum Gasteiger partial charge on any atom is -0.496 e. The number of ketones is 1. The summed E-state index contributed by atoms with van der Waals surface area (Å²) in [5, 5.41) is 0.571. The van der Waals surface area contributed by atoms with Crippen molar-refractivity contribution >= 4 is 55.9 Å². The van der Waals surface area contributed by atoms with Crippen LogP contribution in [0.25, 0.3) is 0 Å². The number of ether oxygens (including phenoxy) is 1. The Morgan fingerprint density at radius 1 is 1.30 bits per heavy atom. The van der Waals surface area contributed by atoms with E-state index in [1.807, 2.05) is 19.1 Å². The standard InChI is InChI=1S/C15H11BrClIO2/c1-8-5-14(20-2)10(7-11(8)16)15(19)9-3-4-13(18)12(17)6-9/h3-7H,1-2H3. The van der Waals surface area contributed by atoms with Crippen molar-refractivity contribution in [1.82, 2.24) is 0 Å². The Balaban J connectivity index is 2.52. The second-order valence-corrected chi connectivity index (χ2v) is 6.68. The lowest BCUT2D eigenvalue weighted by molar-refractivity contribution is 0.103. The zero-order valence-electron chi connectivity index (χ0n) is 10.8. The van der Waals surface area contributed by atoms with Crippen LogP contribution >= 0.6 is 50.1 Å². The van der Waals surface area contributed by atoms with Crippen LogP contribution in [0.15, 0.2) is 34.8 Å². The van der Waals surface area contributed by atoms with Crippen molar-refractivity contribution in [2.45, 2.75) is 6.92 Å². The molecule has 0 saturated heterocycles. The van der Waals surface area contributed by atoms with Crippen molar-refractivity contribution in [3.8, 4) is 5.75 Å². The van der Waals surface area contributed by atoms with Gasteiger partial charge in [-0.15, -0.1) is 0 Å². The van der Waals surface area contributed by atoms with E-state index in [0.717, 1.165) is 13.6 Å². The van der Waals surface area contributed by atoms with Gasteiger partial charge >= 0.3 is 0 Å². The van der Waals surface area contributed by atoms with Crippen LogP contribution in [-0.2, 0) is 0 Å². The van der Waals surface area contributed by atoms with Gasteiger partial charge in [-0.05, 0) is 65.4 Å². The number of rotatable bonds is 3. The molecule has 0 spiro atoms. The lowest BCUT2D eigenvalue weighted by atomic mass is 10.0. The molecule has 0 heterocycles. The number of benzene rings is 2. The summed E-state index contributed by atoms with van der Waals surface area (Å²) < 4.78 is 7.09. The molecule has 0 unspecified atom stereocenters. The van der Waals surface area contributed by atoms with Crippen LogP contribution in [0.1, 0.15) is 21.5 Å². The first-order valence-corrected chi connectivity index (χ1v) is 8.03. The third-order valence-electron chi connectivity index (χ3n) is 2.91. The predicted molar refractivity (Wildman–Crippen MR) is 93.0 cm³/mol. The molecule has 2 aromatic rings. The molecule has 0 aliphatic heterocycles. The van der Waals surface area contributed by atoms with Crippen LogP contribution in [0.5, 0.6) is 5.75 Å². The van der Waals surface area contributed by atoms with Crippen LogP contribution in [0.3, 0.4) is 0 Å². The number of methoxy groups -OCH3 is 1. The van der Waals surface area contributed by atoms with Gasteiger partial charge in [-0.1, -0.05) is 27.5 Å². The van der Waals surface area contributed by atoms with Gasteiger partial charge in [0.1, 0.15) is 5.75 Å². The van der Waals surface area contributed by atoms with Gasteiger partial charge in [-0.25, -0.2) is 0 Å². The third kappa shape index (κ3) is 3.18. The normalized spacial score (nSPS) is 10.4. The van der Waals surface area contributed by atoms with E-state index in [1.165, 1.54) is 0 Å². The van der Waals surface area contributed by atoms with Gasteiger partial charge in [-0.3, -0.25) is 4.79 Å². The van der Waals surface area contributed by atoms with Gasteiger partial charge in [-0.2, -0.15) is 0 Å². The highest BCUT2D eigenvalue weighted by molar-refractivity contribution is 14.1. The smallest absolute Gasteiger partial charge is 0.196 e. The third-order valence-corrected chi connectivity index (χ3v) is 5.33. The molecule has 0 amide bonds. The summed E-state index contributed by atoms with van der Waals surface area (Å²) in [6, 6.07) is 8.89. The van der Waals surface area contributed by atoms with Crippen LogP contribution < -0.4 is 4.74 Å². The Hall–Kier alpha value is -0.590. The van der Waals surface area contributed by atoms with Crippen molar-refractivity contribution in [1.29, 1.82) is 0 Å². The van der Waals surface area contributed by atoms with Gasteiger partial charge in [0.15, 0.2) is 5.78 Å². The number of hydrogen-bond donors (Lipinski definition) is 0. The Labute approximate surface area is 144 Å². The first-order chi connectivity index (χ1) is 9.43. The molecule has 0 atom stereocenters. The Morgan fingerprint density at radius 2 is 2.00 bits per heavy atom. The number of aryl methyl sites for hydroxylation is 1. The molecule has 2 rings (SSSR count). The maximum atomic E-state index is 12.6. The second-order valence-electron chi connectivity index (χ2n) is 4.26. The zero-order chi connectivity index (χ0) is 14.9. The molecular formula is C15H11BrClIO2. The maximum absolute atomic E-state index is 12.6. The lowest BCUT2D eigenvalue weighted by Gasteiger charge is -2.11. The van der Waals surface area contributed by atoms with Crippen molar-refractivity contribution in [3.05, 3.63) is 60.1 Å². The Bertz CT molecular complexity index is 686. The van der Waals surface area contributed by atoms with Gasteiger partial charge < -0.3 is 4.74 Å². The lowest BCUT2D eigenvalue weighted by Crippen LogP contribution is -2.05. The van der Waals surface area contributed by atoms with E-state index >= 15 is 0 Å². The fraction of sp³-hybridized carbons (Fsp3) is 0.133. The second kappa shape index (κ2) is 6.45. The van der Waals surface area contributed by atoms with Crippen molar-refractivity contribution in [3.63, 3.8) is 0 Å². The molecule has 0 fully saturated rings. The molecular weight excluding hydrogens is 454 g/mol. The van der Waals surface area contributed by atoms with Gasteiger partial charge in [0, 0.05) is 13.6 Å². The molecule has 104 valence electrons. The molecule has 0 N–H and O–H groups in total. The average Bonchev–Trinajstić information content (AvgIpc) is 2.43. The molecule has 20 heavy (non-hydrogen) atoms. The van der Waals surface area contributed by atoms with Gasteiger partial charge in [0.2, 0.25) is 0 Å². The highest BCUT2D eigenvalue weighted by Gasteiger charge is 2.17. The minimum atomic E-state index is -0.110. The summed E-state index contributed by atoms with van der Waals surface area (Å²) in [6.07, 6.45) is 0. The first kappa shape index (κ1) is 15.8. The summed E-state index contributed by atoms with van der Waals surface area (Å²) >= 11 is 11.6. The number of carbonyl (C=O) groups is 1. The topological polar surface area (TPSA) is 26.3 Å². The first-order valence-electron chi connectivity index (χ1n) is 5.78. The van der Waals surface area contributed by atoms with E-state index in [2.05, 4.69) is 38.5 Å².